The molecule has 0 saturated heterocycles. The monoisotopic (exact) mass is 512 g/mol. The van der Waals surface area contributed by atoms with Crippen LogP contribution in [0.15, 0.2) is 66.7 Å². The second-order valence-corrected chi connectivity index (χ2v) is 12.5. The standard InChI is InChI=1S/C34H37FO3/c1-32(2)17-18-33(3,4)30-25(21-34(5,6)26-12-14-27(35)15-13-26)19-24(20-28(30)32)29(36)16-9-22-7-10-23(11-8-22)31(37)38/h7-16,19-20H,17-18,21H2,1-6H3,(H,37,38)/b16-9+. The third kappa shape index (κ3) is 5.65. The Balaban J connectivity index is 1.77. The van der Waals surface area contributed by atoms with Crippen molar-refractivity contribution in [2.75, 3.05) is 0 Å². The van der Waals surface area contributed by atoms with Gasteiger partial charge < -0.3 is 5.11 Å². The number of allylic oxidation sites excluding steroid dienone is 1. The Hall–Kier alpha value is -3.53. The van der Waals surface area contributed by atoms with Gasteiger partial charge in [-0.15, -0.1) is 0 Å². The van der Waals surface area contributed by atoms with Crippen molar-refractivity contribution in [2.45, 2.75) is 77.0 Å². The van der Waals surface area contributed by atoms with E-state index in [1.165, 1.54) is 35.4 Å². The highest BCUT2D eigenvalue weighted by Crippen LogP contribution is 2.48. The Morgan fingerprint density at radius 3 is 2.11 bits per heavy atom. The molecule has 4 heteroatoms. The number of carboxylic acids is 1. The average molecular weight is 513 g/mol. The number of carbonyl (C=O) groups is 2. The number of ketones is 1. The molecule has 3 aromatic rings. The molecule has 3 nitrogen and oxygen atoms in total. The van der Waals surface area contributed by atoms with Crippen LogP contribution < -0.4 is 0 Å². The highest BCUT2D eigenvalue weighted by Gasteiger charge is 2.40. The zero-order chi connectivity index (χ0) is 27.9. The van der Waals surface area contributed by atoms with Crippen molar-refractivity contribution in [3.63, 3.8) is 0 Å². The van der Waals surface area contributed by atoms with E-state index in [-0.39, 0.29) is 33.4 Å². The second-order valence-electron chi connectivity index (χ2n) is 12.5. The van der Waals surface area contributed by atoms with Crippen molar-refractivity contribution in [3.05, 3.63) is 112 Å². The summed E-state index contributed by atoms with van der Waals surface area (Å²) in [4.78, 5) is 24.6. The number of rotatable bonds is 7. The van der Waals surface area contributed by atoms with E-state index in [1.54, 1.807) is 24.3 Å². The fourth-order valence-corrected chi connectivity index (χ4v) is 5.69. The lowest BCUT2D eigenvalue weighted by molar-refractivity contribution is 0.0696. The molecule has 0 unspecified atom stereocenters. The largest absolute Gasteiger partial charge is 0.478 e. The van der Waals surface area contributed by atoms with Gasteiger partial charge in [0.05, 0.1) is 5.56 Å². The predicted octanol–water partition coefficient (Wildman–Crippen LogP) is 8.29. The number of carbonyl (C=O) groups excluding carboxylic acids is 1. The first-order valence-corrected chi connectivity index (χ1v) is 13.2. The molecule has 1 N–H and O–H groups in total. The van der Waals surface area contributed by atoms with E-state index in [4.69, 9.17) is 5.11 Å². The molecule has 0 amide bonds. The number of fused-ring (bicyclic) bond motifs is 1. The number of hydrogen-bond acceptors (Lipinski definition) is 2. The summed E-state index contributed by atoms with van der Waals surface area (Å²) < 4.78 is 13.6. The molecular formula is C34H37FO3. The zero-order valence-corrected chi connectivity index (χ0v) is 23.2. The van der Waals surface area contributed by atoms with Crippen molar-refractivity contribution in [1.29, 1.82) is 0 Å². The Labute approximate surface area is 225 Å². The fraction of sp³-hybridized carbons (Fsp3) is 0.353. The van der Waals surface area contributed by atoms with E-state index in [2.05, 4.69) is 47.6 Å². The van der Waals surface area contributed by atoms with Crippen LogP contribution in [0, 0.1) is 5.82 Å². The predicted molar refractivity (Wildman–Crippen MR) is 152 cm³/mol. The second kappa shape index (κ2) is 9.98. The van der Waals surface area contributed by atoms with E-state index in [0.29, 0.717) is 5.56 Å². The Morgan fingerprint density at radius 1 is 0.895 bits per heavy atom. The van der Waals surface area contributed by atoms with Gasteiger partial charge in [0, 0.05) is 5.56 Å². The van der Waals surface area contributed by atoms with Crippen LogP contribution in [-0.4, -0.2) is 16.9 Å². The molecule has 198 valence electrons. The van der Waals surface area contributed by atoms with Gasteiger partial charge in [0.2, 0.25) is 0 Å². The molecule has 38 heavy (non-hydrogen) atoms. The van der Waals surface area contributed by atoms with Gasteiger partial charge in [-0.1, -0.05) is 71.9 Å². The first kappa shape index (κ1) is 27.5. The number of aromatic carboxylic acids is 1. The Kier molecular flexibility index (Phi) is 7.22. The molecule has 4 rings (SSSR count). The van der Waals surface area contributed by atoms with Crippen LogP contribution in [-0.2, 0) is 22.7 Å². The van der Waals surface area contributed by atoms with Gasteiger partial charge in [-0.2, -0.15) is 0 Å². The summed E-state index contributed by atoms with van der Waals surface area (Å²) in [5, 5.41) is 9.12. The van der Waals surface area contributed by atoms with Gasteiger partial charge in [0.1, 0.15) is 5.82 Å². The van der Waals surface area contributed by atoms with Crippen LogP contribution in [0.2, 0.25) is 0 Å². The molecule has 0 heterocycles. The molecule has 0 saturated carbocycles. The topological polar surface area (TPSA) is 54.4 Å². The van der Waals surface area contributed by atoms with Crippen LogP contribution in [0.1, 0.15) is 103 Å². The van der Waals surface area contributed by atoms with E-state index in [1.807, 2.05) is 18.2 Å². The fourth-order valence-electron chi connectivity index (χ4n) is 5.69. The van der Waals surface area contributed by atoms with Gasteiger partial charge in [0.15, 0.2) is 5.78 Å². The Bertz CT molecular complexity index is 1390. The van der Waals surface area contributed by atoms with Gasteiger partial charge in [-0.3, -0.25) is 4.79 Å². The lowest BCUT2D eigenvalue weighted by Gasteiger charge is -2.44. The average Bonchev–Trinajstić information content (AvgIpc) is 2.85. The first-order valence-electron chi connectivity index (χ1n) is 13.2. The molecule has 0 radical (unpaired) electrons. The normalized spacial score (nSPS) is 16.3. The highest BCUT2D eigenvalue weighted by molar-refractivity contribution is 6.07. The summed E-state index contributed by atoms with van der Waals surface area (Å²) in [6.07, 6.45) is 6.12. The van der Waals surface area contributed by atoms with Crippen molar-refractivity contribution in [3.8, 4) is 0 Å². The first-order chi connectivity index (χ1) is 17.7. The van der Waals surface area contributed by atoms with Gasteiger partial charge in [-0.05, 0) is 106 Å². The summed E-state index contributed by atoms with van der Waals surface area (Å²) in [7, 11) is 0. The third-order valence-corrected chi connectivity index (χ3v) is 8.13. The van der Waals surface area contributed by atoms with Crippen molar-refractivity contribution >= 4 is 17.8 Å². The molecule has 0 aromatic heterocycles. The molecule has 1 aliphatic carbocycles. The van der Waals surface area contributed by atoms with Gasteiger partial charge >= 0.3 is 5.97 Å². The lowest BCUT2D eigenvalue weighted by atomic mass is 9.60. The zero-order valence-electron chi connectivity index (χ0n) is 23.2. The SMILES string of the molecule is CC(C)(Cc1cc(C(=O)/C=C/c2ccc(C(=O)O)cc2)cc2c1C(C)(C)CCC2(C)C)c1ccc(F)cc1. The van der Waals surface area contributed by atoms with Gasteiger partial charge in [0.25, 0.3) is 0 Å². The van der Waals surface area contributed by atoms with Gasteiger partial charge in [-0.25, -0.2) is 9.18 Å². The summed E-state index contributed by atoms with van der Waals surface area (Å²) in [5.41, 5.74) is 6.05. The molecule has 0 aliphatic heterocycles. The minimum absolute atomic E-state index is 0.0254. The molecule has 1 aliphatic rings. The van der Waals surface area contributed by atoms with Crippen LogP contribution in [0.4, 0.5) is 4.39 Å². The maximum Gasteiger partial charge on any atom is 0.335 e. The number of halogens is 1. The van der Waals surface area contributed by atoms with Crippen molar-refractivity contribution < 1.29 is 19.1 Å². The van der Waals surface area contributed by atoms with Crippen LogP contribution in [0.3, 0.4) is 0 Å². The number of benzene rings is 3. The number of carboxylic acid groups (broad SMARTS) is 1. The van der Waals surface area contributed by atoms with E-state index in [9.17, 15) is 14.0 Å². The molecular weight excluding hydrogens is 475 g/mol. The van der Waals surface area contributed by atoms with Crippen molar-refractivity contribution in [2.24, 2.45) is 0 Å². The summed E-state index contributed by atoms with van der Waals surface area (Å²) in [5.74, 6) is -1.32. The minimum atomic E-state index is -0.979. The molecule has 0 bridgehead atoms. The maximum absolute atomic E-state index is 13.6. The van der Waals surface area contributed by atoms with E-state index >= 15 is 0 Å². The lowest BCUT2D eigenvalue weighted by Crippen LogP contribution is -2.36. The number of hydrogen-bond donors (Lipinski definition) is 1. The summed E-state index contributed by atoms with van der Waals surface area (Å²) in [6, 6.07) is 17.3. The smallest absolute Gasteiger partial charge is 0.335 e. The summed E-state index contributed by atoms with van der Waals surface area (Å²) in [6.45, 7) is 13.4. The van der Waals surface area contributed by atoms with Crippen molar-refractivity contribution in [1.82, 2.24) is 0 Å². The van der Waals surface area contributed by atoms with Crippen LogP contribution in [0.5, 0.6) is 0 Å². The maximum atomic E-state index is 13.6. The van der Waals surface area contributed by atoms with E-state index < -0.39 is 5.97 Å². The minimum Gasteiger partial charge on any atom is -0.478 e. The molecule has 3 aromatic carbocycles. The Morgan fingerprint density at radius 2 is 1.50 bits per heavy atom. The summed E-state index contributed by atoms with van der Waals surface area (Å²) >= 11 is 0. The highest BCUT2D eigenvalue weighted by atomic mass is 19.1. The molecule has 0 atom stereocenters. The van der Waals surface area contributed by atoms with Crippen LogP contribution in [0.25, 0.3) is 6.08 Å². The van der Waals surface area contributed by atoms with Crippen LogP contribution >= 0.6 is 0 Å². The quantitative estimate of drug-likeness (QED) is 0.256. The molecule has 0 fully saturated rings. The molecule has 0 spiro atoms. The third-order valence-electron chi connectivity index (χ3n) is 8.13. The van der Waals surface area contributed by atoms with E-state index in [0.717, 1.165) is 36.0 Å².